The van der Waals surface area contributed by atoms with Crippen LogP contribution in [0.2, 0.25) is 0 Å². The Hall–Kier alpha value is -1.62. The number of halogens is 1. The van der Waals surface area contributed by atoms with Crippen molar-refractivity contribution in [2.75, 3.05) is 33.7 Å². The quantitative estimate of drug-likeness (QED) is 0.709. The Morgan fingerprint density at radius 2 is 1.78 bits per heavy atom. The maximum absolute atomic E-state index is 12.8. The highest BCUT2D eigenvalue weighted by atomic mass is 19.1. The van der Waals surface area contributed by atoms with Crippen molar-refractivity contribution < 1.29 is 9.18 Å². The van der Waals surface area contributed by atoms with Gasteiger partial charge in [0, 0.05) is 26.2 Å². The highest BCUT2D eigenvalue weighted by Gasteiger charge is 2.08. The summed E-state index contributed by atoms with van der Waals surface area (Å²) in [4.78, 5) is 15.9. The molecule has 1 aromatic carbocycles. The van der Waals surface area contributed by atoms with Gasteiger partial charge in [-0.1, -0.05) is 12.1 Å². The van der Waals surface area contributed by atoms with Crippen LogP contribution in [0.1, 0.15) is 32.3 Å². The lowest BCUT2D eigenvalue weighted by Gasteiger charge is -2.21. The molecule has 0 spiro atoms. The number of carbonyl (C=O) groups excluding carboxylic acids is 1. The predicted molar refractivity (Wildman–Crippen MR) is 93.1 cm³/mol. The molecule has 1 aromatic rings. The summed E-state index contributed by atoms with van der Waals surface area (Å²) in [5, 5.41) is 2.94. The van der Waals surface area contributed by atoms with E-state index in [0.717, 1.165) is 31.4 Å². The van der Waals surface area contributed by atoms with Crippen LogP contribution < -0.4 is 5.32 Å². The van der Waals surface area contributed by atoms with Gasteiger partial charge in [0.15, 0.2) is 0 Å². The number of carbonyl (C=O) groups is 1. The second kappa shape index (κ2) is 10.2. The molecule has 1 rings (SSSR count). The second-order valence-corrected chi connectivity index (χ2v) is 6.31. The third-order valence-corrected chi connectivity index (χ3v) is 4.09. The van der Waals surface area contributed by atoms with Crippen molar-refractivity contribution in [3.63, 3.8) is 0 Å². The summed E-state index contributed by atoms with van der Waals surface area (Å²) < 4.78 is 12.8. The number of benzene rings is 1. The van der Waals surface area contributed by atoms with Gasteiger partial charge in [-0.05, 0) is 64.4 Å². The number of urea groups is 1. The molecular weight excluding hydrogens is 293 g/mol. The van der Waals surface area contributed by atoms with Crippen LogP contribution in [0.4, 0.5) is 9.18 Å². The molecule has 5 heteroatoms. The van der Waals surface area contributed by atoms with Crippen LogP contribution in [0, 0.1) is 5.82 Å². The summed E-state index contributed by atoms with van der Waals surface area (Å²) in [5.41, 5.74) is 1.03. The second-order valence-electron chi connectivity index (χ2n) is 6.31. The molecule has 0 atom stereocenters. The Bertz CT molecular complexity index is 462. The van der Waals surface area contributed by atoms with Crippen molar-refractivity contribution in [3.8, 4) is 0 Å². The maximum Gasteiger partial charge on any atom is 0.317 e. The molecule has 4 nitrogen and oxygen atoms in total. The van der Waals surface area contributed by atoms with Gasteiger partial charge in [-0.2, -0.15) is 0 Å². The molecule has 0 fully saturated rings. The molecule has 130 valence electrons. The van der Waals surface area contributed by atoms with Crippen molar-refractivity contribution in [1.82, 2.24) is 15.1 Å². The summed E-state index contributed by atoms with van der Waals surface area (Å²) in [6.07, 6.45) is 2.78. The van der Waals surface area contributed by atoms with E-state index < -0.39 is 0 Å². The Morgan fingerprint density at radius 3 is 2.39 bits per heavy atom. The monoisotopic (exact) mass is 323 g/mol. The third-order valence-electron chi connectivity index (χ3n) is 4.09. The van der Waals surface area contributed by atoms with E-state index in [-0.39, 0.29) is 11.8 Å². The predicted octanol–water partition coefficient (Wildman–Crippen LogP) is 3.13. The van der Waals surface area contributed by atoms with Crippen LogP contribution in [-0.2, 0) is 6.42 Å². The zero-order valence-corrected chi connectivity index (χ0v) is 14.8. The Balaban J connectivity index is 2.15. The van der Waals surface area contributed by atoms with E-state index in [2.05, 4.69) is 31.1 Å². The first kappa shape index (κ1) is 19.4. The zero-order valence-electron chi connectivity index (χ0n) is 14.8. The van der Waals surface area contributed by atoms with Gasteiger partial charge in [-0.15, -0.1) is 0 Å². The first-order valence-corrected chi connectivity index (χ1v) is 8.33. The van der Waals surface area contributed by atoms with E-state index >= 15 is 0 Å². The molecular formula is C18H30FN3O. The van der Waals surface area contributed by atoms with Crippen molar-refractivity contribution in [1.29, 1.82) is 0 Å². The summed E-state index contributed by atoms with van der Waals surface area (Å²) in [6.45, 7) is 6.73. The summed E-state index contributed by atoms with van der Waals surface area (Å²) in [6, 6.07) is 6.91. The van der Waals surface area contributed by atoms with Crippen molar-refractivity contribution in [2.24, 2.45) is 0 Å². The van der Waals surface area contributed by atoms with E-state index in [1.807, 2.05) is 0 Å². The Kier molecular flexibility index (Phi) is 8.62. The molecule has 2 amide bonds. The average Bonchev–Trinajstić information content (AvgIpc) is 2.53. The van der Waals surface area contributed by atoms with Crippen molar-refractivity contribution in [3.05, 3.63) is 35.6 Å². The fourth-order valence-corrected chi connectivity index (χ4v) is 2.12. The van der Waals surface area contributed by atoms with Gasteiger partial charge in [0.1, 0.15) is 5.82 Å². The van der Waals surface area contributed by atoms with E-state index in [4.69, 9.17) is 0 Å². The van der Waals surface area contributed by atoms with Gasteiger partial charge in [0.05, 0.1) is 0 Å². The van der Waals surface area contributed by atoms with Crippen LogP contribution in [0.3, 0.4) is 0 Å². The van der Waals surface area contributed by atoms with Crippen LogP contribution >= 0.6 is 0 Å². The number of hydrogen-bond acceptors (Lipinski definition) is 2. The van der Waals surface area contributed by atoms with E-state index in [0.29, 0.717) is 19.1 Å². The van der Waals surface area contributed by atoms with Crippen LogP contribution in [0.5, 0.6) is 0 Å². The molecule has 0 saturated carbocycles. The van der Waals surface area contributed by atoms with Gasteiger partial charge in [-0.25, -0.2) is 9.18 Å². The summed E-state index contributed by atoms with van der Waals surface area (Å²) in [5.74, 6) is -0.233. The van der Waals surface area contributed by atoms with E-state index in [1.54, 1.807) is 24.1 Å². The number of unbranched alkanes of at least 4 members (excludes halogenated alkanes) is 1. The maximum atomic E-state index is 12.8. The molecule has 0 aliphatic carbocycles. The number of nitrogens with zero attached hydrogens (tertiary/aromatic N) is 2. The zero-order chi connectivity index (χ0) is 17.2. The van der Waals surface area contributed by atoms with Gasteiger partial charge < -0.3 is 15.1 Å². The minimum atomic E-state index is -0.233. The number of amides is 2. The highest BCUT2D eigenvalue weighted by Crippen LogP contribution is 2.04. The summed E-state index contributed by atoms with van der Waals surface area (Å²) >= 11 is 0. The number of rotatable bonds is 9. The normalized spacial score (nSPS) is 11.1. The average molecular weight is 323 g/mol. The van der Waals surface area contributed by atoms with Gasteiger partial charge >= 0.3 is 6.03 Å². The fourth-order valence-electron chi connectivity index (χ4n) is 2.12. The smallest absolute Gasteiger partial charge is 0.317 e. The molecule has 0 saturated heterocycles. The molecule has 0 bridgehead atoms. The van der Waals surface area contributed by atoms with Gasteiger partial charge in [0.25, 0.3) is 0 Å². The van der Waals surface area contributed by atoms with Crippen molar-refractivity contribution in [2.45, 2.75) is 39.2 Å². The van der Waals surface area contributed by atoms with Crippen molar-refractivity contribution >= 4 is 6.03 Å². The van der Waals surface area contributed by atoms with E-state index in [1.165, 1.54) is 12.1 Å². The summed E-state index contributed by atoms with van der Waals surface area (Å²) in [7, 11) is 3.90. The standard InChI is InChI=1S/C18H30FN3O/c1-15(2)21(3)13-6-5-12-20-18(23)22(4)14-11-16-7-9-17(19)10-8-16/h7-10,15H,5-6,11-14H2,1-4H3,(H,20,23). The molecule has 0 aliphatic rings. The fraction of sp³-hybridized carbons (Fsp3) is 0.611. The van der Waals surface area contributed by atoms with Gasteiger partial charge in [0.2, 0.25) is 0 Å². The molecule has 0 aromatic heterocycles. The Morgan fingerprint density at radius 1 is 1.13 bits per heavy atom. The molecule has 0 unspecified atom stereocenters. The minimum absolute atomic E-state index is 0.0516. The van der Waals surface area contributed by atoms with Crippen LogP contribution in [0.15, 0.2) is 24.3 Å². The van der Waals surface area contributed by atoms with Crippen LogP contribution in [-0.4, -0.2) is 55.6 Å². The SMILES string of the molecule is CC(C)N(C)CCCCNC(=O)N(C)CCc1ccc(F)cc1. The lowest BCUT2D eigenvalue weighted by atomic mass is 10.1. The Labute approximate surface area is 139 Å². The first-order valence-electron chi connectivity index (χ1n) is 8.33. The lowest BCUT2D eigenvalue weighted by Crippen LogP contribution is -2.39. The largest absolute Gasteiger partial charge is 0.338 e. The first-order chi connectivity index (χ1) is 10.9. The topological polar surface area (TPSA) is 35.6 Å². The molecule has 0 aliphatic heterocycles. The van der Waals surface area contributed by atoms with Crippen LogP contribution in [0.25, 0.3) is 0 Å². The van der Waals surface area contributed by atoms with Gasteiger partial charge in [-0.3, -0.25) is 0 Å². The highest BCUT2D eigenvalue weighted by molar-refractivity contribution is 5.73. The minimum Gasteiger partial charge on any atom is -0.338 e. The third kappa shape index (κ3) is 7.98. The number of likely N-dealkylation sites (N-methyl/N-ethyl adjacent to an activating group) is 1. The molecule has 0 heterocycles. The lowest BCUT2D eigenvalue weighted by molar-refractivity contribution is 0.208. The number of hydrogen-bond donors (Lipinski definition) is 1. The van der Waals surface area contributed by atoms with E-state index in [9.17, 15) is 9.18 Å². The number of nitrogens with one attached hydrogen (secondary N) is 1. The molecule has 1 N–H and O–H groups in total. The molecule has 23 heavy (non-hydrogen) atoms. The molecule has 0 radical (unpaired) electrons.